The van der Waals surface area contributed by atoms with Gasteiger partial charge in [0, 0.05) is 13.6 Å². The van der Waals surface area contributed by atoms with Gasteiger partial charge in [-0.2, -0.15) is 13.2 Å². The first-order valence-corrected chi connectivity index (χ1v) is 9.51. The predicted octanol–water partition coefficient (Wildman–Crippen LogP) is 4.27. The number of fused-ring (bicyclic) bond motifs is 1. The lowest BCUT2D eigenvalue weighted by molar-refractivity contribution is -0.138. The molecule has 0 unspecified atom stereocenters. The van der Waals surface area contributed by atoms with Gasteiger partial charge in [0.1, 0.15) is 5.70 Å². The number of nitrogens with zero attached hydrogens (tertiary/aromatic N) is 3. The highest BCUT2D eigenvalue weighted by molar-refractivity contribution is 7.16. The number of aliphatic imine (C=N–C) groups is 1. The molecule has 0 aliphatic carbocycles. The van der Waals surface area contributed by atoms with Crippen molar-refractivity contribution < 1.29 is 18.0 Å². The second-order valence-electron chi connectivity index (χ2n) is 6.42. The molecule has 0 atom stereocenters. The van der Waals surface area contributed by atoms with Crippen LogP contribution in [0.3, 0.4) is 0 Å². The number of hydrogen-bond donors (Lipinski definition) is 1. The molecule has 5 nitrogen and oxygen atoms in total. The molecule has 148 valence electrons. The fraction of sp³-hybridized carbons (Fsp3) is 0.150. The van der Waals surface area contributed by atoms with Gasteiger partial charge in [0.25, 0.3) is 5.91 Å². The summed E-state index contributed by atoms with van der Waals surface area (Å²) < 4.78 is 40.4. The predicted molar refractivity (Wildman–Crippen MR) is 106 cm³/mol. The maximum Gasteiger partial charge on any atom is 0.416 e. The van der Waals surface area contributed by atoms with Crippen LogP contribution in [-0.4, -0.2) is 28.8 Å². The first-order valence-electron chi connectivity index (χ1n) is 8.63. The maximum absolute atomic E-state index is 13.1. The summed E-state index contributed by atoms with van der Waals surface area (Å²) in [6.45, 7) is -0.105. The lowest BCUT2D eigenvalue weighted by Gasteiger charge is -2.16. The van der Waals surface area contributed by atoms with Gasteiger partial charge in [-0.25, -0.2) is 9.98 Å². The van der Waals surface area contributed by atoms with Crippen LogP contribution in [0.4, 0.5) is 13.2 Å². The van der Waals surface area contributed by atoms with Crippen LogP contribution in [0.25, 0.3) is 16.3 Å². The molecule has 1 N–H and O–H groups in total. The number of nitrogens with one attached hydrogen (secondary N) is 1. The Morgan fingerprint density at radius 1 is 1.21 bits per heavy atom. The number of aromatic nitrogens is 1. The third kappa shape index (κ3) is 3.86. The minimum Gasteiger partial charge on any atom is -0.351 e. The van der Waals surface area contributed by atoms with Gasteiger partial charge >= 0.3 is 6.18 Å². The van der Waals surface area contributed by atoms with Crippen molar-refractivity contribution in [2.24, 2.45) is 4.99 Å². The molecule has 0 fully saturated rings. The number of carbonyl (C=O) groups excluding carboxylic acids is 1. The summed E-state index contributed by atoms with van der Waals surface area (Å²) in [5, 5.41) is 2.84. The summed E-state index contributed by atoms with van der Waals surface area (Å²) in [5.41, 5.74) is 3.00. The SMILES string of the molecule is CN1C(=O)/C(=C/c2ccc3ncsc3c2)N=C1NCc1ccccc1C(F)(F)F. The molecule has 2 aromatic carbocycles. The lowest BCUT2D eigenvalue weighted by atomic mass is 10.1. The summed E-state index contributed by atoms with van der Waals surface area (Å²) in [5.74, 6) is -0.127. The minimum atomic E-state index is -4.45. The number of likely N-dealkylation sites (N-methyl/N-ethyl adjacent to an activating group) is 1. The molecule has 1 aromatic heterocycles. The molecular weight excluding hydrogens is 401 g/mol. The molecule has 1 aliphatic rings. The quantitative estimate of drug-likeness (QED) is 0.649. The molecular formula is C20H15F3N4OS. The first-order chi connectivity index (χ1) is 13.8. The highest BCUT2D eigenvalue weighted by Gasteiger charge is 2.33. The van der Waals surface area contributed by atoms with Crippen molar-refractivity contribution in [1.29, 1.82) is 0 Å². The van der Waals surface area contributed by atoms with Crippen molar-refractivity contribution >= 4 is 39.5 Å². The van der Waals surface area contributed by atoms with E-state index in [1.165, 1.54) is 35.4 Å². The average molecular weight is 416 g/mol. The summed E-state index contributed by atoms with van der Waals surface area (Å²) in [7, 11) is 1.52. The molecule has 0 saturated heterocycles. The Balaban J connectivity index is 1.56. The molecule has 1 amide bonds. The van der Waals surface area contributed by atoms with Crippen molar-refractivity contribution in [2.45, 2.75) is 12.7 Å². The van der Waals surface area contributed by atoms with Gasteiger partial charge in [0.2, 0.25) is 5.96 Å². The monoisotopic (exact) mass is 416 g/mol. The van der Waals surface area contributed by atoms with E-state index in [0.29, 0.717) is 0 Å². The van der Waals surface area contributed by atoms with E-state index in [9.17, 15) is 18.0 Å². The maximum atomic E-state index is 13.1. The normalized spacial score (nSPS) is 16.0. The Hall–Kier alpha value is -3.20. The Kier molecular flexibility index (Phi) is 4.83. The van der Waals surface area contributed by atoms with Gasteiger partial charge in [-0.1, -0.05) is 24.3 Å². The van der Waals surface area contributed by atoms with Crippen molar-refractivity contribution in [3.05, 3.63) is 70.4 Å². The molecule has 0 saturated carbocycles. The van der Waals surface area contributed by atoms with Crippen LogP contribution in [0.5, 0.6) is 0 Å². The third-order valence-electron chi connectivity index (χ3n) is 4.49. The van der Waals surface area contributed by atoms with E-state index < -0.39 is 11.7 Å². The van der Waals surface area contributed by atoms with Crippen LogP contribution in [0, 0.1) is 0 Å². The van der Waals surface area contributed by atoms with E-state index in [1.807, 2.05) is 18.2 Å². The average Bonchev–Trinajstić information content (AvgIpc) is 3.26. The summed E-state index contributed by atoms with van der Waals surface area (Å²) in [6.07, 6.45) is -2.80. The van der Waals surface area contributed by atoms with Gasteiger partial charge in [0.15, 0.2) is 0 Å². The minimum absolute atomic E-state index is 0.0802. The number of benzene rings is 2. The number of guanidine groups is 1. The second-order valence-corrected chi connectivity index (χ2v) is 7.30. The number of hydrogen-bond acceptors (Lipinski definition) is 5. The number of amides is 1. The Bertz CT molecular complexity index is 1150. The van der Waals surface area contributed by atoms with Crippen LogP contribution < -0.4 is 5.32 Å². The van der Waals surface area contributed by atoms with Crippen LogP contribution in [0.15, 0.2) is 58.7 Å². The Morgan fingerprint density at radius 3 is 2.79 bits per heavy atom. The molecule has 4 rings (SSSR count). The fourth-order valence-electron chi connectivity index (χ4n) is 3.00. The van der Waals surface area contributed by atoms with Gasteiger partial charge in [-0.05, 0) is 35.4 Å². The van der Waals surface area contributed by atoms with E-state index in [0.717, 1.165) is 21.8 Å². The number of carbonyl (C=O) groups is 1. The number of alkyl halides is 3. The zero-order valence-corrected chi connectivity index (χ0v) is 16.0. The van der Waals surface area contributed by atoms with Gasteiger partial charge in [-0.15, -0.1) is 11.3 Å². The molecule has 0 spiro atoms. The third-order valence-corrected chi connectivity index (χ3v) is 5.28. The molecule has 3 aromatic rings. The summed E-state index contributed by atoms with van der Waals surface area (Å²) in [4.78, 5) is 22.3. The molecule has 0 radical (unpaired) electrons. The van der Waals surface area contributed by atoms with E-state index in [1.54, 1.807) is 17.7 Å². The fourth-order valence-corrected chi connectivity index (χ4v) is 3.73. The molecule has 0 bridgehead atoms. The molecule has 29 heavy (non-hydrogen) atoms. The number of halogens is 3. The van der Waals surface area contributed by atoms with Crippen LogP contribution >= 0.6 is 11.3 Å². The number of rotatable bonds is 3. The van der Waals surface area contributed by atoms with Crippen molar-refractivity contribution in [2.75, 3.05) is 7.05 Å². The van der Waals surface area contributed by atoms with Crippen LogP contribution in [0.1, 0.15) is 16.7 Å². The topological polar surface area (TPSA) is 57.6 Å². The first kappa shape index (κ1) is 19.1. The van der Waals surface area contributed by atoms with E-state index in [-0.39, 0.29) is 29.7 Å². The van der Waals surface area contributed by atoms with Crippen LogP contribution in [0.2, 0.25) is 0 Å². The summed E-state index contributed by atoms with van der Waals surface area (Å²) in [6, 6.07) is 10.9. The molecule has 9 heteroatoms. The Morgan fingerprint density at radius 2 is 2.00 bits per heavy atom. The van der Waals surface area contributed by atoms with Gasteiger partial charge in [0.05, 0.1) is 21.3 Å². The smallest absolute Gasteiger partial charge is 0.351 e. The van der Waals surface area contributed by atoms with Crippen molar-refractivity contribution in [1.82, 2.24) is 15.2 Å². The highest BCUT2D eigenvalue weighted by Crippen LogP contribution is 2.32. The van der Waals surface area contributed by atoms with Crippen molar-refractivity contribution in [3.8, 4) is 0 Å². The standard InChI is InChI=1S/C20H15F3N4OS/c1-27-18(28)16(8-12-6-7-15-17(9-12)29-11-25-15)26-19(27)24-10-13-4-2-3-5-14(13)20(21,22)23/h2-9,11H,10H2,1H3,(H,24,26)/b16-8-. The number of thiazole rings is 1. The highest BCUT2D eigenvalue weighted by atomic mass is 32.1. The molecule has 1 aliphatic heterocycles. The largest absolute Gasteiger partial charge is 0.416 e. The lowest BCUT2D eigenvalue weighted by Crippen LogP contribution is -2.37. The second kappa shape index (κ2) is 7.32. The zero-order chi connectivity index (χ0) is 20.6. The van der Waals surface area contributed by atoms with Gasteiger partial charge < -0.3 is 5.32 Å². The molecule has 2 heterocycles. The van der Waals surface area contributed by atoms with E-state index in [4.69, 9.17) is 0 Å². The zero-order valence-electron chi connectivity index (χ0n) is 15.2. The van der Waals surface area contributed by atoms with E-state index >= 15 is 0 Å². The Labute approximate surface area is 168 Å². The van der Waals surface area contributed by atoms with Crippen molar-refractivity contribution in [3.63, 3.8) is 0 Å². The summed E-state index contributed by atoms with van der Waals surface area (Å²) >= 11 is 1.49. The van der Waals surface area contributed by atoms with Gasteiger partial charge in [-0.3, -0.25) is 9.69 Å². The van der Waals surface area contributed by atoms with E-state index in [2.05, 4.69) is 15.3 Å². The van der Waals surface area contributed by atoms with Crippen LogP contribution in [-0.2, 0) is 17.5 Å².